The number of hydrogen-bond donors (Lipinski definition) is 0. The highest BCUT2D eigenvalue weighted by atomic mass is 32.1. The van der Waals surface area contributed by atoms with Gasteiger partial charge in [0, 0.05) is 25.9 Å². The van der Waals surface area contributed by atoms with Crippen LogP contribution in [0.3, 0.4) is 0 Å². The Labute approximate surface area is 129 Å². The molecule has 6 rings (SSSR count). The van der Waals surface area contributed by atoms with Crippen molar-refractivity contribution in [3.8, 4) is 0 Å². The van der Waals surface area contributed by atoms with Gasteiger partial charge >= 0.3 is 0 Å². The molecule has 108 valence electrons. The normalized spacial score (nSPS) is 37.2. The summed E-state index contributed by atoms with van der Waals surface area (Å²) in [6.45, 7) is 0. The second-order valence-corrected chi connectivity index (χ2v) is 8.71. The molecule has 0 radical (unpaired) electrons. The zero-order valence-electron chi connectivity index (χ0n) is 12.2. The summed E-state index contributed by atoms with van der Waals surface area (Å²) >= 11 is 1.91. The fourth-order valence-corrected chi connectivity index (χ4v) is 7.35. The second kappa shape index (κ2) is 4.19. The van der Waals surface area contributed by atoms with E-state index >= 15 is 0 Å². The summed E-state index contributed by atoms with van der Waals surface area (Å²) in [6, 6.07) is 8.46. The van der Waals surface area contributed by atoms with Crippen molar-refractivity contribution >= 4 is 27.7 Å². The Morgan fingerprint density at radius 1 is 1.00 bits per heavy atom. The molecular formula is C19H20OS. The van der Waals surface area contributed by atoms with E-state index in [4.69, 9.17) is 0 Å². The molecule has 1 nitrogen and oxygen atoms in total. The van der Waals surface area contributed by atoms with Crippen LogP contribution in [0, 0.1) is 17.8 Å². The predicted molar refractivity (Wildman–Crippen MR) is 87.1 cm³/mol. The summed E-state index contributed by atoms with van der Waals surface area (Å²) in [6.07, 6.45) is 9.53. The maximum Gasteiger partial charge on any atom is 0.151 e. The molecule has 1 aromatic heterocycles. The molecule has 21 heavy (non-hydrogen) atoms. The monoisotopic (exact) mass is 296 g/mol. The van der Waals surface area contributed by atoms with Crippen LogP contribution >= 0.6 is 11.3 Å². The van der Waals surface area contributed by atoms with Gasteiger partial charge in [-0.15, -0.1) is 11.3 Å². The molecular weight excluding hydrogens is 276 g/mol. The predicted octanol–water partition coefficient (Wildman–Crippen LogP) is 5.18. The third-order valence-corrected chi connectivity index (χ3v) is 7.70. The lowest BCUT2D eigenvalue weighted by Crippen LogP contribution is -2.48. The number of benzene rings is 1. The van der Waals surface area contributed by atoms with E-state index in [0.717, 1.165) is 29.6 Å². The molecule has 4 aliphatic rings. The molecule has 4 saturated carbocycles. The highest BCUT2D eigenvalue weighted by Crippen LogP contribution is 2.62. The molecule has 0 aliphatic heterocycles. The van der Waals surface area contributed by atoms with Crippen LogP contribution in [0.5, 0.6) is 0 Å². The molecule has 0 unspecified atom stereocenters. The molecule has 2 aromatic rings. The number of carbonyl (C=O) groups excluding carboxylic acids is 1. The van der Waals surface area contributed by atoms with E-state index in [-0.39, 0.29) is 0 Å². The topological polar surface area (TPSA) is 17.1 Å². The van der Waals surface area contributed by atoms with Gasteiger partial charge in [0.1, 0.15) is 0 Å². The number of thiophene rings is 1. The van der Waals surface area contributed by atoms with Crippen LogP contribution in [0.1, 0.15) is 53.8 Å². The van der Waals surface area contributed by atoms with Crippen molar-refractivity contribution in [1.82, 2.24) is 0 Å². The Bertz CT molecular complexity index is 691. The fraction of sp³-hybridized carbons (Fsp3) is 0.526. The van der Waals surface area contributed by atoms with Gasteiger partial charge in [0.25, 0.3) is 0 Å². The summed E-state index contributed by atoms with van der Waals surface area (Å²) in [4.78, 5) is 13.2. The minimum Gasteiger partial charge on any atom is -0.298 e. The molecule has 0 atom stereocenters. The molecule has 1 heterocycles. The first-order chi connectivity index (χ1) is 10.3. The first kappa shape index (κ1) is 12.4. The molecule has 4 bridgehead atoms. The Kier molecular flexibility index (Phi) is 2.48. The van der Waals surface area contributed by atoms with E-state index in [1.807, 2.05) is 11.3 Å². The lowest BCUT2D eigenvalue weighted by molar-refractivity contribution is -0.00365. The van der Waals surface area contributed by atoms with Crippen molar-refractivity contribution in [3.63, 3.8) is 0 Å². The van der Waals surface area contributed by atoms with Crippen molar-refractivity contribution in [3.05, 3.63) is 34.7 Å². The minimum absolute atomic E-state index is 0.342. The van der Waals surface area contributed by atoms with Crippen LogP contribution in [0.25, 0.3) is 10.1 Å². The largest absolute Gasteiger partial charge is 0.298 e. The average molecular weight is 296 g/mol. The molecule has 4 aliphatic carbocycles. The Balaban J connectivity index is 1.72. The van der Waals surface area contributed by atoms with Gasteiger partial charge < -0.3 is 0 Å². The number of carbonyl (C=O) groups is 1. The molecule has 0 saturated heterocycles. The van der Waals surface area contributed by atoms with E-state index in [9.17, 15) is 4.79 Å². The molecule has 4 fully saturated rings. The summed E-state index contributed by atoms with van der Waals surface area (Å²) in [7, 11) is 0. The number of hydrogen-bond acceptors (Lipinski definition) is 2. The Morgan fingerprint density at radius 3 is 2.24 bits per heavy atom. The van der Waals surface area contributed by atoms with Crippen LogP contribution in [-0.2, 0) is 5.41 Å². The van der Waals surface area contributed by atoms with Gasteiger partial charge in [0.05, 0.1) is 0 Å². The lowest BCUT2D eigenvalue weighted by Gasteiger charge is -2.56. The van der Waals surface area contributed by atoms with Crippen LogP contribution in [0.4, 0.5) is 0 Å². The van der Waals surface area contributed by atoms with Gasteiger partial charge in [-0.3, -0.25) is 4.79 Å². The number of fused-ring (bicyclic) bond motifs is 1. The average Bonchev–Trinajstić information content (AvgIpc) is 2.85. The van der Waals surface area contributed by atoms with E-state index in [1.165, 1.54) is 53.5 Å². The molecule has 0 N–H and O–H groups in total. The maximum atomic E-state index is 11.8. The van der Waals surface area contributed by atoms with E-state index in [0.29, 0.717) is 5.41 Å². The van der Waals surface area contributed by atoms with E-state index < -0.39 is 0 Å². The van der Waals surface area contributed by atoms with Crippen LogP contribution in [0.15, 0.2) is 24.3 Å². The minimum atomic E-state index is 0.342. The summed E-state index contributed by atoms with van der Waals surface area (Å²) in [5.74, 6) is 2.79. The fourth-order valence-electron chi connectivity index (χ4n) is 5.97. The van der Waals surface area contributed by atoms with Crippen LogP contribution in [-0.4, -0.2) is 6.29 Å². The third-order valence-electron chi connectivity index (χ3n) is 6.27. The SMILES string of the molecule is O=Cc1c(C23CC4CC(CC(C4)C2)C3)sc2ccccc12. The van der Waals surface area contributed by atoms with E-state index in [2.05, 4.69) is 24.3 Å². The van der Waals surface area contributed by atoms with Gasteiger partial charge in [0.2, 0.25) is 0 Å². The maximum absolute atomic E-state index is 11.8. The summed E-state index contributed by atoms with van der Waals surface area (Å²) < 4.78 is 1.30. The number of rotatable bonds is 2. The highest BCUT2D eigenvalue weighted by Gasteiger charge is 2.52. The van der Waals surface area contributed by atoms with Gasteiger partial charge in [0.15, 0.2) is 6.29 Å². The Morgan fingerprint density at radius 2 is 1.62 bits per heavy atom. The molecule has 0 spiro atoms. The smallest absolute Gasteiger partial charge is 0.151 e. The zero-order chi connectivity index (χ0) is 14.0. The van der Waals surface area contributed by atoms with Gasteiger partial charge in [-0.2, -0.15) is 0 Å². The second-order valence-electron chi connectivity index (χ2n) is 7.66. The standard InChI is InChI=1S/C19H20OS/c20-11-16-15-3-1-2-4-17(15)21-18(16)19-8-12-5-13(9-19)7-14(6-12)10-19/h1-4,11-14H,5-10H2. The molecule has 2 heteroatoms. The van der Waals surface area contributed by atoms with E-state index in [1.54, 1.807) is 0 Å². The lowest BCUT2D eigenvalue weighted by atomic mass is 9.49. The van der Waals surface area contributed by atoms with Gasteiger partial charge in [-0.1, -0.05) is 18.2 Å². The molecule has 1 aromatic carbocycles. The van der Waals surface area contributed by atoms with Crippen LogP contribution < -0.4 is 0 Å². The van der Waals surface area contributed by atoms with Crippen LogP contribution in [0.2, 0.25) is 0 Å². The third kappa shape index (κ3) is 1.66. The van der Waals surface area contributed by atoms with Crippen molar-refractivity contribution < 1.29 is 4.79 Å². The first-order valence-electron chi connectivity index (χ1n) is 8.24. The first-order valence-corrected chi connectivity index (χ1v) is 9.06. The van der Waals surface area contributed by atoms with Crippen molar-refractivity contribution in [2.24, 2.45) is 17.8 Å². The van der Waals surface area contributed by atoms with Crippen molar-refractivity contribution in [2.75, 3.05) is 0 Å². The Hall–Kier alpha value is -1.15. The van der Waals surface area contributed by atoms with Crippen molar-refractivity contribution in [1.29, 1.82) is 0 Å². The van der Waals surface area contributed by atoms with Crippen molar-refractivity contribution in [2.45, 2.75) is 43.9 Å². The zero-order valence-corrected chi connectivity index (χ0v) is 13.0. The highest BCUT2D eigenvalue weighted by molar-refractivity contribution is 7.19. The van der Waals surface area contributed by atoms with Gasteiger partial charge in [-0.25, -0.2) is 0 Å². The summed E-state index contributed by atoms with van der Waals surface area (Å²) in [5.41, 5.74) is 1.35. The molecule has 0 amide bonds. The quantitative estimate of drug-likeness (QED) is 0.698. The summed E-state index contributed by atoms with van der Waals surface area (Å²) in [5, 5.41) is 1.18. The van der Waals surface area contributed by atoms with Gasteiger partial charge in [-0.05, 0) is 62.3 Å². The number of aldehydes is 1.